The molecule has 2 heteroatoms. The summed E-state index contributed by atoms with van der Waals surface area (Å²) in [6, 6.07) is 17.4. The zero-order valence-electron chi connectivity index (χ0n) is 12.7. The van der Waals surface area contributed by atoms with Crippen molar-refractivity contribution in [3.63, 3.8) is 0 Å². The lowest BCUT2D eigenvalue weighted by Crippen LogP contribution is -2.29. The number of nitrogens with zero attached hydrogens (tertiary/aromatic N) is 1. The Kier molecular flexibility index (Phi) is 4.69. The Morgan fingerprint density at radius 1 is 0.810 bits per heavy atom. The maximum absolute atomic E-state index is 5.86. The molecule has 0 radical (unpaired) electrons. The number of rotatable bonds is 4. The van der Waals surface area contributed by atoms with E-state index in [2.05, 4.69) is 60.5 Å². The molecular formula is C19H23NO. The van der Waals surface area contributed by atoms with E-state index in [1.807, 2.05) is 0 Å². The minimum Gasteiger partial charge on any atom is -0.294 e. The van der Waals surface area contributed by atoms with Crippen molar-refractivity contribution in [1.29, 1.82) is 0 Å². The monoisotopic (exact) mass is 281 g/mol. The highest BCUT2D eigenvalue weighted by atomic mass is 16.7. The summed E-state index contributed by atoms with van der Waals surface area (Å²) in [5.41, 5.74) is 5.06. The molecule has 0 bridgehead atoms. The largest absolute Gasteiger partial charge is 0.294 e. The first-order valence-corrected chi connectivity index (χ1v) is 7.85. The molecule has 0 unspecified atom stereocenters. The molecule has 0 atom stereocenters. The molecule has 0 amide bonds. The number of hydroxylamine groups is 2. The summed E-state index contributed by atoms with van der Waals surface area (Å²) in [4.78, 5) is 5.86. The molecule has 0 spiro atoms. The van der Waals surface area contributed by atoms with Gasteiger partial charge in [0.05, 0.1) is 6.61 Å². The first kappa shape index (κ1) is 14.3. The van der Waals surface area contributed by atoms with Crippen LogP contribution >= 0.6 is 0 Å². The predicted molar refractivity (Wildman–Crippen MR) is 86.8 cm³/mol. The van der Waals surface area contributed by atoms with Gasteiger partial charge in [-0.05, 0) is 36.5 Å². The van der Waals surface area contributed by atoms with Crippen molar-refractivity contribution in [2.24, 2.45) is 0 Å². The Balaban J connectivity index is 1.59. The maximum atomic E-state index is 5.86. The van der Waals surface area contributed by atoms with E-state index in [1.54, 1.807) is 0 Å². The first-order valence-electron chi connectivity index (χ1n) is 7.85. The number of hydrogen-bond donors (Lipinski definition) is 0. The molecule has 110 valence electrons. The predicted octanol–water partition coefficient (Wildman–Crippen LogP) is 4.58. The van der Waals surface area contributed by atoms with Crippen LogP contribution < -0.4 is 0 Å². The van der Waals surface area contributed by atoms with E-state index in [-0.39, 0.29) is 0 Å². The molecule has 21 heavy (non-hydrogen) atoms. The highest BCUT2D eigenvalue weighted by Crippen LogP contribution is 2.21. The summed E-state index contributed by atoms with van der Waals surface area (Å²) in [7, 11) is 0. The van der Waals surface area contributed by atoms with Gasteiger partial charge in [0.2, 0.25) is 0 Å². The molecule has 3 rings (SSSR count). The lowest BCUT2D eigenvalue weighted by molar-refractivity contribution is -0.178. The first-order chi connectivity index (χ1) is 10.3. The molecule has 0 saturated carbocycles. The highest BCUT2D eigenvalue weighted by molar-refractivity contribution is 5.63. The van der Waals surface area contributed by atoms with Crippen LogP contribution in [-0.2, 0) is 11.4 Å². The molecule has 1 saturated heterocycles. The van der Waals surface area contributed by atoms with Gasteiger partial charge in [-0.25, -0.2) is 0 Å². The normalized spacial score (nSPS) is 16.0. The molecule has 2 nitrogen and oxygen atoms in total. The SMILES string of the molecule is Cc1ccc(-c2ccc(CON3CCCCC3)cc2)cc1. The summed E-state index contributed by atoms with van der Waals surface area (Å²) in [6.07, 6.45) is 3.85. The van der Waals surface area contributed by atoms with Crippen molar-refractivity contribution in [1.82, 2.24) is 5.06 Å². The second kappa shape index (κ2) is 6.88. The molecule has 2 aromatic carbocycles. The lowest BCUT2D eigenvalue weighted by atomic mass is 10.0. The summed E-state index contributed by atoms with van der Waals surface area (Å²) in [6.45, 7) is 4.93. The van der Waals surface area contributed by atoms with Gasteiger partial charge in [-0.3, -0.25) is 4.84 Å². The summed E-state index contributed by atoms with van der Waals surface area (Å²) < 4.78 is 0. The molecule has 1 heterocycles. The van der Waals surface area contributed by atoms with Crippen LogP contribution in [0.25, 0.3) is 11.1 Å². The quantitative estimate of drug-likeness (QED) is 0.813. The maximum Gasteiger partial charge on any atom is 0.0935 e. The van der Waals surface area contributed by atoms with Crippen molar-refractivity contribution in [2.45, 2.75) is 32.8 Å². The fourth-order valence-electron chi connectivity index (χ4n) is 2.70. The fraction of sp³-hybridized carbons (Fsp3) is 0.368. The van der Waals surface area contributed by atoms with Crippen LogP contribution in [0.15, 0.2) is 48.5 Å². The van der Waals surface area contributed by atoms with Gasteiger partial charge in [0.15, 0.2) is 0 Å². The van der Waals surface area contributed by atoms with Gasteiger partial charge in [0.25, 0.3) is 0 Å². The van der Waals surface area contributed by atoms with E-state index in [0.29, 0.717) is 6.61 Å². The average molecular weight is 281 g/mol. The van der Waals surface area contributed by atoms with Crippen molar-refractivity contribution in [2.75, 3.05) is 13.1 Å². The van der Waals surface area contributed by atoms with Gasteiger partial charge in [0.1, 0.15) is 0 Å². The smallest absolute Gasteiger partial charge is 0.0935 e. The van der Waals surface area contributed by atoms with Crippen molar-refractivity contribution in [3.05, 3.63) is 59.7 Å². The number of aryl methyl sites for hydroxylation is 1. The average Bonchev–Trinajstić information content (AvgIpc) is 2.55. The van der Waals surface area contributed by atoms with Gasteiger partial charge < -0.3 is 0 Å². The third kappa shape index (κ3) is 3.93. The van der Waals surface area contributed by atoms with E-state index in [1.165, 1.54) is 41.5 Å². The molecule has 1 fully saturated rings. The molecule has 0 aromatic heterocycles. The fourth-order valence-corrected chi connectivity index (χ4v) is 2.70. The number of piperidine rings is 1. The van der Waals surface area contributed by atoms with E-state index in [0.717, 1.165) is 13.1 Å². The third-order valence-corrected chi connectivity index (χ3v) is 4.07. The van der Waals surface area contributed by atoms with Crippen LogP contribution in [0.5, 0.6) is 0 Å². The zero-order chi connectivity index (χ0) is 14.5. The van der Waals surface area contributed by atoms with E-state index >= 15 is 0 Å². The van der Waals surface area contributed by atoms with Crippen LogP contribution in [0, 0.1) is 6.92 Å². The van der Waals surface area contributed by atoms with Crippen LogP contribution in [-0.4, -0.2) is 18.2 Å². The number of benzene rings is 2. The second-order valence-electron chi connectivity index (χ2n) is 5.83. The van der Waals surface area contributed by atoms with Crippen LogP contribution in [0.4, 0.5) is 0 Å². The Bertz CT molecular complexity index is 553. The molecule has 2 aromatic rings. The highest BCUT2D eigenvalue weighted by Gasteiger charge is 2.10. The third-order valence-electron chi connectivity index (χ3n) is 4.07. The van der Waals surface area contributed by atoms with Crippen LogP contribution in [0.3, 0.4) is 0 Å². The zero-order valence-corrected chi connectivity index (χ0v) is 12.7. The van der Waals surface area contributed by atoms with Gasteiger partial charge in [-0.1, -0.05) is 60.5 Å². The van der Waals surface area contributed by atoms with Crippen LogP contribution in [0.1, 0.15) is 30.4 Å². The standard InChI is InChI=1S/C19H23NO/c1-16-5-9-18(10-6-16)19-11-7-17(8-12-19)15-21-20-13-3-2-4-14-20/h5-12H,2-4,13-15H2,1H3. The van der Waals surface area contributed by atoms with E-state index in [9.17, 15) is 0 Å². The van der Waals surface area contributed by atoms with Crippen LogP contribution in [0.2, 0.25) is 0 Å². The topological polar surface area (TPSA) is 12.5 Å². The minimum atomic E-state index is 0.675. The molecular weight excluding hydrogens is 258 g/mol. The number of hydrogen-bond acceptors (Lipinski definition) is 2. The molecule has 1 aliphatic heterocycles. The molecule has 0 N–H and O–H groups in total. The van der Waals surface area contributed by atoms with E-state index < -0.39 is 0 Å². The Morgan fingerprint density at radius 3 is 2.00 bits per heavy atom. The van der Waals surface area contributed by atoms with E-state index in [4.69, 9.17) is 4.84 Å². The Labute approximate surface area is 127 Å². The molecule has 0 aliphatic carbocycles. The van der Waals surface area contributed by atoms with Gasteiger partial charge in [0, 0.05) is 13.1 Å². The van der Waals surface area contributed by atoms with Gasteiger partial charge >= 0.3 is 0 Å². The summed E-state index contributed by atoms with van der Waals surface area (Å²) in [5.74, 6) is 0. The lowest BCUT2D eigenvalue weighted by Gasteiger charge is -2.25. The minimum absolute atomic E-state index is 0.675. The Morgan fingerprint density at radius 2 is 1.38 bits per heavy atom. The molecule has 1 aliphatic rings. The van der Waals surface area contributed by atoms with Crippen molar-refractivity contribution >= 4 is 0 Å². The summed E-state index contributed by atoms with van der Waals surface area (Å²) in [5, 5.41) is 2.11. The van der Waals surface area contributed by atoms with Crippen molar-refractivity contribution in [3.8, 4) is 11.1 Å². The Hall–Kier alpha value is -1.64. The second-order valence-corrected chi connectivity index (χ2v) is 5.83. The van der Waals surface area contributed by atoms with Crippen molar-refractivity contribution < 1.29 is 4.84 Å². The summed E-state index contributed by atoms with van der Waals surface area (Å²) >= 11 is 0. The van der Waals surface area contributed by atoms with Gasteiger partial charge in [-0.2, -0.15) is 5.06 Å². The van der Waals surface area contributed by atoms with Gasteiger partial charge in [-0.15, -0.1) is 0 Å².